The molecule has 0 aliphatic carbocycles. The van der Waals surface area contributed by atoms with Gasteiger partial charge in [-0.25, -0.2) is 4.39 Å². The van der Waals surface area contributed by atoms with E-state index in [2.05, 4.69) is 6.07 Å². The molecule has 1 atom stereocenters. The molecule has 3 nitrogen and oxygen atoms in total. The van der Waals surface area contributed by atoms with E-state index < -0.39 is 0 Å². The van der Waals surface area contributed by atoms with Gasteiger partial charge < -0.3 is 10.5 Å². The number of nitrogens with two attached hydrogens (primary N) is 1. The van der Waals surface area contributed by atoms with Gasteiger partial charge in [0.25, 0.3) is 0 Å². The molecule has 24 heavy (non-hydrogen) atoms. The average molecular weight is 336 g/mol. The second-order valence-corrected chi connectivity index (χ2v) is 6.78. The van der Waals surface area contributed by atoms with Crippen LogP contribution in [-0.4, -0.2) is 0 Å². The molecule has 1 aliphatic rings. The molecule has 2 heterocycles. The summed E-state index contributed by atoms with van der Waals surface area (Å²) >= 11 is 1.60. The van der Waals surface area contributed by atoms with Gasteiger partial charge in [-0.3, -0.25) is 0 Å². The topological polar surface area (TPSA) is 59.0 Å². The maximum Gasteiger partial charge on any atom is 0.205 e. The highest BCUT2D eigenvalue weighted by atomic mass is 32.1. The Morgan fingerprint density at radius 3 is 2.67 bits per heavy atom. The third-order valence-electron chi connectivity index (χ3n) is 4.24. The Balaban J connectivity index is 2.01. The number of halogens is 1. The molecule has 2 aromatic carbocycles. The predicted molar refractivity (Wildman–Crippen MR) is 92.3 cm³/mol. The number of rotatable bonds is 1. The largest absolute Gasteiger partial charge is 0.439 e. The zero-order valence-electron chi connectivity index (χ0n) is 12.8. The molecule has 0 spiro atoms. The molecule has 0 fully saturated rings. The molecule has 5 heteroatoms. The maximum atomic E-state index is 13.3. The minimum Gasteiger partial charge on any atom is -0.439 e. The first kappa shape index (κ1) is 14.7. The van der Waals surface area contributed by atoms with Crippen LogP contribution in [0, 0.1) is 24.1 Å². The van der Waals surface area contributed by atoms with Crippen molar-refractivity contribution in [1.82, 2.24) is 0 Å². The fourth-order valence-corrected chi connectivity index (χ4v) is 4.42. The van der Waals surface area contributed by atoms with Crippen molar-refractivity contribution in [3.8, 4) is 11.8 Å². The Kier molecular flexibility index (Phi) is 3.29. The third kappa shape index (κ3) is 2.08. The minimum absolute atomic E-state index is 0.112. The molecule has 4 rings (SSSR count). The van der Waals surface area contributed by atoms with Crippen LogP contribution in [-0.2, 0) is 0 Å². The van der Waals surface area contributed by atoms with E-state index in [9.17, 15) is 9.65 Å². The molecular formula is C19H13FN2OS. The highest BCUT2D eigenvalue weighted by Gasteiger charge is 2.34. The lowest BCUT2D eigenvalue weighted by Gasteiger charge is -2.23. The van der Waals surface area contributed by atoms with Gasteiger partial charge in [-0.2, -0.15) is 5.26 Å². The number of fused-ring (bicyclic) bond motifs is 3. The molecule has 0 saturated heterocycles. The van der Waals surface area contributed by atoms with E-state index in [0.29, 0.717) is 11.3 Å². The van der Waals surface area contributed by atoms with Crippen molar-refractivity contribution in [2.75, 3.05) is 0 Å². The lowest BCUT2D eigenvalue weighted by Crippen LogP contribution is -2.19. The normalized spacial score (nSPS) is 16.6. The van der Waals surface area contributed by atoms with Crippen LogP contribution in [0.5, 0.6) is 5.75 Å². The summed E-state index contributed by atoms with van der Waals surface area (Å²) in [6.07, 6.45) is 0. The van der Waals surface area contributed by atoms with Crippen molar-refractivity contribution in [2.45, 2.75) is 12.8 Å². The number of benzene rings is 2. The molecule has 1 unspecified atom stereocenters. The van der Waals surface area contributed by atoms with Gasteiger partial charge in [0.2, 0.25) is 5.88 Å². The first-order valence-corrected chi connectivity index (χ1v) is 8.27. The van der Waals surface area contributed by atoms with E-state index in [1.54, 1.807) is 23.5 Å². The number of aryl methyl sites for hydroxylation is 1. The molecule has 118 valence electrons. The van der Waals surface area contributed by atoms with Crippen LogP contribution >= 0.6 is 11.3 Å². The van der Waals surface area contributed by atoms with Crippen molar-refractivity contribution in [3.05, 3.63) is 75.7 Å². The van der Waals surface area contributed by atoms with Crippen molar-refractivity contribution in [3.63, 3.8) is 0 Å². The summed E-state index contributed by atoms with van der Waals surface area (Å²) in [5, 5.41) is 10.6. The smallest absolute Gasteiger partial charge is 0.205 e. The summed E-state index contributed by atoms with van der Waals surface area (Å²) < 4.78 is 20.2. The van der Waals surface area contributed by atoms with E-state index in [0.717, 1.165) is 26.1 Å². The van der Waals surface area contributed by atoms with Gasteiger partial charge in [0, 0.05) is 10.1 Å². The Bertz CT molecular complexity index is 1030. The number of allylic oxidation sites excluding steroid dienone is 1. The van der Waals surface area contributed by atoms with Gasteiger partial charge in [0.1, 0.15) is 17.5 Å². The third-order valence-corrected chi connectivity index (χ3v) is 5.63. The fraction of sp³-hybridized carbons (Fsp3) is 0.105. The quantitative estimate of drug-likeness (QED) is 0.708. The van der Waals surface area contributed by atoms with Crippen LogP contribution in [0.25, 0.3) is 10.1 Å². The second-order valence-electron chi connectivity index (χ2n) is 5.72. The first-order chi connectivity index (χ1) is 11.6. The van der Waals surface area contributed by atoms with E-state index in [1.165, 1.54) is 12.1 Å². The van der Waals surface area contributed by atoms with Gasteiger partial charge in [0.05, 0.1) is 10.8 Å². The maximum absolute atomic E-state index is 13.3. The summed E-state index contributed by atoms with van der Waals surface area (Å²) in [5.74, 6) is 0.162. The minimum atomic E-state index is -0.337. The Labute approximate surface area is 142 Å². The summed E-state index contributed by atoms with van der Waals surface area (Å²) in [6.45, 7) is 2.04. The predicted octanol–water partition coefficient (Wildman–Crippen LogP) is 4.57. The molecule has 0 bridgehead atoms. The van der Waals surface area contributed by atoms with Gasteiger partial charge in [-0.1, -0.05) is 24.3 Å². The fourth-order valence-electron chi connectivity index (χ4n) is 3.08. The van der Waals surface area contributed by atoms with Crippen LogP contribution in [0.1, 0.15) is 21.9 Å². The summed E-state index contributed by atoms with van der Waals surface area (Å²) in [7, 11) is 0. The lowest BCUT2D eigenvalue weighted by atomic mass is 9.88. The highest BCUT2D eigenvalue weighted by molar-refractivity contribution is 7.19. The average Bonchev–Trinajstić information content (AvgIpc) is 2.94. The summed E-state index contributed by atoms with van der Waals surface area (Å²) in [6, 6.07) is 14.3. The van der Waals surface area contributed by atoms with Crippen molar-refractivity contribution in [1.29, 1.82) is 5.26 Å². The monoisotopic (exact) mass is 336 g/mol. The van der Waals surface area contributed by atoms with E-state index in [4.69, 9.17) is 10.5 Å². The molecule has 0 amide bonds. The molecular weight excluding hydrogens is 323 g/mol. The van der Waals surface area contributed by atoms with Crippen LogP contribution < -0.4 is 10.5 Å². The van der Waals surface area contributed by atoms with E-state index in [-0.39, 0.29) is 17.6 Å². The highest BCUT2D eigenvalue weighted by Crippen LogP contribution is 2.50. The SMILES string of the molecule is Cc1cccc2c3c(sc12)C(c1ccc(F)cc1)C(C#N)=C(N)O3. The van der Waals surface area contributed by atoms with Gasteiger partial charge >= 0.3 is 0 Å². The Morgan fingerprint density at radius 1 is 1.21 bits per heavy atom. The summed E-state index contributed by atoms with van der Waals surface area (Å²) in [5.41, 5.74) is 8.34. The molecule has 2 N–H and O–H groups in total. The van der Waals surface area contributed by atoms with Crippen LogP contribution in [0.4, 0.5) is 4.39 Å². The van der Waals surface area contributed by atoms with Crippen LogP contribution in [0.2, 0.25) is 0 Å². The standard InChI is InChI=1S/C19H13FN2OS/c1-10-3-2-4-13-16-18(24-17(10)13)15(14(9-21)19(22)23-16)11-5-7-12(20)8-6-11/h2-8,15H,22H2,1H3. The lowest BCUT2D eigenvalue weighted by molar-refractivity contribution is 0.401. The number of thiophene rings is 1. The Morgan fingerprint density at radius 2 is 1.96 bits per heavy atom. The van der Waals surface area contributed by atoms with Crippen molar-refractivity contribution in [2.24, 2.45) is 5.73 Å². The van der Waals surface area contributed by atoms with Gasteiger partial charge in [0.15, 0.2) is 5.75 Å². The molecule has 0 radical (unpaired) electrons. The molecule has 3 aromatic rings. The van der Waals surface area contributed by atoms with Crippen LogP contribution in [0.3, 0.4) is 0 Å². The van der Waals surface area contributed by atoms with Crippen molar-refractivity contribution < 1.29 is 9.13 Å². The first-order valence-electron chi connectivity index (χ1n) is 7.45. The van der Waals surface area contributed by atoms with Gasteiger partial charge in [-0.05, 0) is 36.2 Å². The zero-order valence-corrected chi connectivity index (χ0v) is 13.7. The molecule has 1 aromatic heterocycles. The van der Waals surface area contributed by atoms with Gasteiger partial charge in [-0.15, -0.1) is 11.3 Å². The molecule has 1 aliphatic heterocycles. The number of hydrogen-bond donors (Lipinski definition) is 1. The van der Waals surface area contributed by atoms with E-state index >= 15 is 0 Å². The second kappa shape index (κ2) is 5.36. The van der Waals surface area contributed by atoms with Crippen molar-refractivity contribution >= 4 is 21.4 Å². The zero-order chi connectivity index (χ0) is 16.8. The number of nitriles is 1. The molecule has 0 saturated carbocycles. The Hall–Kier alpha value is -2.84. The number of hydrogen-bond acceptors (Lipinski definition) is 4. The summed E-state index contributed by atoms with van der Waals surface area (Å²) in [4.78, 5) is 0.927. The number of nitrogens with zero attached hydrogens (tertiary/aromatic N) is 1. The number of ether oxygens (including phenoxy) is 1. The van der Waals surface area contributed by atoms with Crippen LogP contribution in [0.15, 0.2) is 53.9 Å². The van der Waals surface area contributed by atoms with E-state index in [1.807, 2.05) is 25.1 Å².